The van der Waals surface area contributed by atoms with Crippen molar-refractivity contribution >= 4 is 5.83 Å². The van der Waals surface area contributed by atoms with Gasteiger partial charge in [0.25, 0.3) is 0 Å². The fourth-order valence-corrected chi connectivity index (χ4v) is 3.18. The number of halogens is 4. The van der Waals surface area contributed by atoms with Gasteiger partial charge in [0.2, 0.25) is 0 Å². The standard InChI is InChI=1S/C24H28F4/c1-3-5-6-8-20-22(26)15-18(16-23(20)27)10-9-17-11-13-19(14-12-17)24(28)21(25)7-4-2/h11-16H,3-10H2,1-2H3/b24-21-. The molecule has 2 rings (SSSR count). The number of aryl methyl sites for hydroxylation is 2. The van der Waals surface area contributed by atoms with Gasteiger partial charge in [-0.3, -0.25) is 0 Å². The zero-order chi connectivity index (χ0) is 20.5. The summed E-state index contributed by atoms with van der Waals surface area (Å²) in [5.74, 6) is -2.53. The molecule has 0 bridgehead atoms. The third kappa shape index (κ3) is 6.22. The van der Waals surface area contributed by atoms with Crippen LogP contribution in [0.3, 0.4) is 0 Å². The highest BCUT2D eigenvalue weighted by Crippen LogP contribution is 2.25. The molecule has 0 heterocycles. The minimum absolute atomic E-state index is 0.0825. The molecule has 0 saturated heterocycles. The molecule has 0 unspecified atom stereocenters. The molecule has 4 heteroatoms. The molecule has 0 aromatic heterocycles. The minimum Gasteiger partial charge on any atom is -0.209 e. The van der Waals surface area contributed by atoms with Crippen molar-refractivity contribution in [3.05, 3.63) is 76.1 Å². The van der Waals surface area contributed by atoms with Crippen LogP contribution in [0.4, 0.5) is 17.6 Å². The highest BCUT2D eigenvalue weighted by atomic mass is 19.2. The molecule has 0 N–H and O–H groups in total. The van der Waals surface area contributed by atoms with Crippen molar-refractivity contribution in [2.75, 3.05) is 0 Å². The van der Waals surface area contributed by atoms with Crippen LogP contribution in [0.15, 0.2) is 42.2 Å². The summed E-state index contributed by atoms with van der Waals surface area (Å²) in [5, 5.41) is 0. The minimum atomic E-state index is -0.823. The van der Waals surface area contributed by atoms with Gasteiger partial charge in [-0.05, 0) is 55.4 Å². The Labute approximate surface area is 165 Å². The van der Waals surface area contributed by atoms with Crippen LogP contribution >= 0.6 is 0 Å². The zero-order valence-corrected chi connectivity index (χ0v) is 16.6. The molecule has 0 aliphatic rings. The number of hydrogen-bond acceptors (Lipinski definition) is 0. The summed E-state index contributed by atoms with van der Waals surface area (Å²) in [6.45, 7) is 3.84. The highest BCUT2D eigenvalue weighted by molar-refractivity contribution is 5.61. The topological polar surface area (TPSA) is 0 Å². The summed E-state index contributed by atoms with van der Waals surface area (Å²) in [6, 6.07) is 9.33. The molecule has 0 aliphatic carbocycles. The van der Waals surface area contributed by atoms with Crippen LogP contribution in [0, 0.1) is 11.6 Å². The second-order valence-electron chi connectivity index (χ2n) is 7.16. The summed E-state index contributed by atoms with van der Waals surface area (Å²) < 4.78 is 56.0. The molecule has 0 radical (unpaired) electrons. The number of rotatable bonds is 10. The monoisotopic (exact) mass is 392 g/mol. The normalized spacial score (nSPS) is 12.2. The van der Waals surface area contributed by atoms with Gasteiger partial charge in [-0.25, -0.2) is 17.6 Å². The van der Waals surface area contributed by atoms with E-state index in [2.05, 4.69) is 6.92 Å². The average molecular weight is 392 g/mol. The largest absolute Gasteiger partial charge is 0.209 e. The molecule has 28 heavy (non-hydrogen) atoms. The van der Waals surface area contributed by atoms with Crippen LogP contribution in [-0.2, 0) is 19.3 Å². The van der Waals surface area contributed by atoms with Crippen LogP contribution in [0.25, 0.3) is 5.83 Å². The Balaban J connectivity index is 2.01. The van der Waals surface area contributed by atoms with Gasteiger partial charge in [-0.2, -0.15) is 0 Å². The van der Waals surface area contributed by atoms with E-state index in [0.29, 0.717) is 31.2 Å². The zero-order valence-electron chi connectivity index (χ0n) is 16.6. The van der Waals surface area contributed by atoms with E-state index in [-0.39, 0.29) is 17.5 Å². The van der Waals surface area contributed by atoms with Gasteiger partial charge in [0.05, 0.1) is 0 Å². The Kier molecular flexibility index (Phi) is 8.75. The van der Waals surface area contributed by atoms with E-state index < -0.39 is 23.3 Å². The molecule has 0 amide bonds. The van der Waals surface area contributed by atoms with E-state index in [4.69, 9.17) is 0 Å². The van der Waals surface area contributed by atoms with Crippen molar-refractivity contribution in [1.82, 2.24) is 0 Å². The molecular weight excluding hydrogens is 364 g/mol. The van der Waals surface area contributed by atoms with E-state index in [1.54, 1.807) is 19.1 Å². The van der Waals surface area contributed by atoms with Crippen molar-refractivity contribution in [3.63, 3.8) is 0 Å². The van der Waals surface area contributed by atoms with Crippen LogP contribution in [0.2, 0.25) is 0 Å². The highest BCUT2D eigenvalue weighted by Gasteiger charge is 2.12. The Hall–Kier alpha value is -2.10. The fraction of sp³-hybridized carbons (Fsp3) is 0.417. The molecule has 0 atom stereocenters. The van der Waals surface area contributed by atoms with E-state index >= 15 is 0 Å². The van der Waals surface area contributed by atoms with Crippen molar-refractivity contribution < 1.29 is 17.6 Å². The van der Waals surface area contributed by atoms with Crippen LogP contribution < -0.4 is 0 Å². The number of hydrogen-bond donors (Lipinski definition) is 0. The van der Waals surface area contributed by atoms with E-state index in [1.807, 2.05) is 0 Å². The first kappa shape index (κ1) is 22.2. The van der Waals surface area contributed by atoms with Gasteiger partial charge in [0.15, 0.2) is 5.83 Å². The molecule has 152 valence electrons. The lowest BCUT2D eigenvalue weighted by atomic mass is 9.99. The maximum absolute atomic E-state index is 14.2. The van der Waals surface area contributed by atoms with E-state index in [9.17, 15) is 17.6 Å². The predicted octanol–water partition coefficient (Wildman–Crippen LogP) is 7.89. The van der Waals surface area contributed by atoms with Crippen molar-refractivity contribution in [1.29, 1.82) is 0 Å². The van der Waals surface area contributed by atoms with Gasteiger partial charge in [-0.1, -0.05) is 51.0 Å². The van der Waals surface area contributed by atoms with Crippen molar-refractivity contribution in [2.45, 2.75) is 65.2 Å². The van der Waals surface area contributed by atoms with Crippen LogP contribution in [-0.4, -0.2) is 0 Å². The SMILES string of the molecule is CCCCCc1c(F)cc(CCc2ccc(/C(F)=C(/F)CCC)cc2)cc1F. The van der Waals surface area contributed by atoms with Gasteiger partial charge in [0, 0.05) is 17.5 Å². The Morgan fingerprint density at radius 1 is 0.750 bits per heavy atom. The third-order valence-corrected chi connectivity index (χ3v) is 4.85. The van der Waals surface area contributed by atoms with Crippen molar-refractivity contribution in [2.24, 2.45) is 0 Å². The van der Waals surface area contributed by atoms with Crippen LogP contribution in [0.1, 0.15) is 68.2 Å². The second kappa shape index (κ2) is 11.0. The molecule has 2 aromatic carbocycles. The Morgan fingerprint density at radius 2 is 1.36 bits per heavy atom. The van der Waals surface area contributed by atoms with Crippen molar-refractivity contribution in [3.8, 4) is 0 Å². The first-order valence-electron chi connectivity index (χ1n) is 10.1. The number of allylic oxidation sites excluding steroid dienone is 1. The summed E-state index contributed by atoms with van der Waals surface area (Å²) in [4.78, 5) is 0. The van der Waals surface area contributed by atoms with Crippen LogP contribution in [0.5, 0.6) is 0 Å². The Bertz CT molecular complexity index is 768. The summed E-state index contributed by atoms with van der Waals surface area (Å²) >= 11 is 0. The van der Waals surface area contributed by atoms with Gasteiger partial charge in [0.1, 0.15) is 17.5 Å². The molecule has 0 fully saturated rings. The average Bonchev–Trinajstić information content (AvgIpc) is 2.68. The third-order valence-electron chi connectivity index (χ3n) is 4.85. The maximum Gasteiger partial charge on any atom is 0.161 e. The fourth-order valence-electron chi connectivity index (χ4n) is 3.18. The maximum atomic E-state index is 14.2. The summed E-state index contributed by atoms with van der Waals surface area (Å²) in [6.07, 6.45) is 4.82. The molecular formula is C24H28F4. The molecule has 0 spiro atoms. The molecule has 0 aliphatic heterocycles. The lowest BCUT2D eigenvalue weighted by molar-refractivity contribution is 0.542. The number of benzene rings is 2. The van der Waals surface area contributed by atoms with Gasteiger partial charge in [-0.15, -0.1) is 0 Å². The lowest BCUT2D eigenvalue weighted by Crippen LogP contribution is -2.00. The molecule has 0 saturated carbocycles. The van der Waals surface area contributed by atoms with E-state index in [0.717, 1.165) is 24.8 Å². The first-order chi connectivity index (χ1) is 13.5. The smallest absolute Gasteiger partial charge is 0.161 e. The summed E-state index contributed by atoms with van der Waals surface area (Å²) in [5.41, 5.74) is 1.87. The molecule has 0 nitrogen and oxygen atoms in total. The van der Waals surface area contributed by atoms with E-state index in [1.165, 1.54) is 24.3 Å². The lowest BCUT2D eigenvalue weighted by Gasteiger charge is -2.09. The molecule has 2 aromatic rings. The Morgan fingerprint density at radius 3 is 1.93 bits per heavy atom. The quantitative estimate of drug-likeness (QED) is 0.285. The number of unbranched alkanes of at least 4 members (excludes halogenated alkanes) is 2. The second-order valence-corrected chi connectivity index (χ2v) is 7.16. The van der Waals surface area contributed by atoms with Gasteiger partial charge >= 0.3 is 0 Å². The van der Waals surface area contributed by atoms with Gasteiger partial charge < -0.3 is 0 Å². The first-order valence-corrected chi connectivity index (χ1v) is 10.1. The summed E-state index contributed by atoms with van der Waals surface area (Å²) in [7, 11) is 0. The predicted molar refractivity (Wildman–Crippen MR) is 107 cm³/mol.